The molecule has 0 saturated carbocycles. The third-order valence-corrected chi connectivity index (χ3v) is 4.65. The fraction of sp³-hybridized carbons (Fsp3) is 0.250. The standard InChI is InChI=1S/C16H15F3N4OS/c1-23-12(10-3-5-11(24-2)6-4-10)7-21-15(23)22-9-14-20-8-13(25-14)16(17,18)19/h3-8H,9H2,1-2H3,(H,21,22). The number of imidazole rings is 1. The molecule has 0 amide bonds. The number of hydrogen-bond donors (Lipinski definition) is 1. The number of halogens is 3. The summed E-state index contributed by atoms with van der Waals surface area (Å²) in [6.07, 6.45) is -1.81. The molecule has 2 aromatic heterocycles. The molecule has 9 heteroatoms. The summed E-state index contributed by atoms with van der Waals surface area (Å²) in [4.78, 5) is 7.37. The van der Waals surface area contributed by atoms with Gasteiger partial charge >= 0.3 is 6.18 Å². The summed E-state index contributed by atoms with van der Waals surface area (Å²) in [6.45, 7) is 0.174. The number of ether oxygens (including phenoxy) is 1. The maximum absolute atomic E-state index is 12.6. The quantitative estimate of drug-likeness (QED) is 0.734. The smallest absolute Gasteiger partial charge is 0.427 e. The summed E-state index contributed by atoms with van der Waals surface area (Å²) >= 11 is 0.623. The SMILES string of the molecule is COc1ccc(-c2cnc(NCc3ncc(C(F)(F)F)s3)n2C)cc1. The molecule has 25 heavy (non-hydrogen) atoms. The van der Waals surface area contributed by atoms with Gasteiger partial charge in [0, 0.05) is 12.6 Å². The summed E-state index contributed by atoms with van der Waals surface area (Å²) in [5.41, 5.74) is 1.83. The summed E-state index contributed by atoms with van der Waals surface area (Å²) in [5.74, 6) is 1.31. The van der Waals surface area contributed by atoms with Crippen molar-refractivity contribution in [1.29, 1.82) is 0 Å². The van der Waals surface area contributed by atoms with Crippen LogP contribution in [0, 0.1) is 0 Å². The lowest BCUT2D eigenvalue weighted by Crippen LogP contribution is -2.05. The Morgan fingerprint density at radius 1 is 1.16 bits per heavy atom. The first-order valence-electron chi connectivity index (χ1n) is 7.30. The van der Waals surface area contributed by atoms with Crippen LogP contribution >= 0.6 is 11.3 Å². The minimum atomic E-state index is -4.36. The lowest BCUT2D eigenvalue weighted by atomic mass is 10.1. The number of anilines is 1. The van der Waals surface area contributed by atoms with E-state index in [-0.39, 0.29) is 6.54 Å². The molecule has 1 aromatic carbocycles. The maximum atomic E-state index is 12.6. The second kappa shape index (κ2) is 6.75. The van der Waals surface area contributed by atoms with Gasteiger partial charge in [0.1, 0.15) is 15.6 Å². The highest BCUT2D eigenvalue weighted by molar-refractivity contribution is 7.11. The zero-order valence-electron chi connectivity index (χ0n) is 13.5. The summed E-state index contributed by atoms with van der Waals surface area (Å²) in [7, 11) is 3.43. The molecule has 0 bridgehead atoms. The van der Waals surface area contributed by atoms with E-state index in [1.54, 1.807) is 13.3 Å². The topological polar surface area (TPSA) is 52.0 Å². The van der Waals surface area contributed by atoms with E-state index in [2.05, 4.69) is 15.3 Å². The van der Waals surface area contributed by atoms with Gasteiger partial charge in [-0.15, -0.1) is 11.3 Å². The Labute approximate surface area is 146 Å². The van der Waals surface area contributed by atoms with Gasteiger partial charge in [0.25, 0.3) is 0 Å². The lowest BCUT2D eigenvalue weighted by molar-refractivity contribution is -0.134. The predicted molar refractivity (Wildman–Crippen MR) is 89.6 cm³/mol. The van der Waals surface area contributed by atoms with Gasteiger partial charge in [-0.25, -0.2) is 9.97 Å². The van der Waals surface area contributed by atoms with Gasteiger partial charge in [-0.1, -0.05) is 0 Å². The molecule has 0 fully saturated rings. The lowest BCUT2D eigenvalue weighted by Gasteiger charge is -2.08. The average Bonchev–Trinajstić information content (AvgIpc) is 3.20. The fourth-order valence-corrected chi connectivity index (χ4v) is 3.01. The molecule has 0 atom stereocenters. The van der Waals surface area contributed by atoms with Crippen molar-refractivity contribution in [2.45, 2.75) is 12.7 Å². The van der Waals surface area contributed by atoms with Crippen LogP contribution < -0.4 is 10.1 Å². The van der Waals surface area contributed by atoms with Crippen LogP contribution in [-0.4, -0.2) is 21.6 Å². The van der Waals surface area contributed by atoms with Crippen molar-refractivity contribution in [3.8, 4) is 17.0 Å². The molecule has 132 valence electrons. The van der Waals surface area contributed by atoms with E-state index < -0.39 is 11.1 Å². The van der Waals surface area contributed by atoms with Gasteiger partial charge in [0.2, 0.25) is 5.95 Å². The zero-order valence-corrected chi connectivity index (χ0v) is 14.3. The second-order valence-corrected chi connectivity index (χ2v) is 6.34. The van der Waals surface area contributed by atoms with Gasteiger partial charge in [-0.3, -0.25) is 0 Å². The van der Waals surface area contributed by atoms with Gasteiger partial charge in [-0.05, 0) is 24.3 Å². The summed E-state index contributed by atoms with van der Waals surface area (Å²) in [6, 6.07) is 7.53. The first-order valence-corrected chi connectivity index (χ1v) is 8.12. The van der Waals surface area contributed by atoms with Crippen molar-refractivity contribution in [2.75, 3.05) is 12.4 Å². The first kappa shape index (κ1) is 17.3. The molecule has 0 unspecified atom stereocenters. The molecule has 3 aromatic rings. The summed E-state index contributed by atoms with van der Waals surface area (Å²) in [5, 5.41) is 3.36. The molecule has 1 N–H and O–H groups in total. The third-order valence-electron chi connectivity index (χ3n) is 3.60. The molecule has 2 heterocycles. The fourth-order valence-electron chi connectivity index (χ4n) is 2.28. The molecular formula is C16H15F3N4OS. The largest absolute Gasteiger partial charge is 0.497 e. The van der Waals surface area contributed by atoms with E-state index in [0.29, 0.717) is 22.3 Å². The molecule has 0 saturated heterocycles. The normalized spacial score (nSPS) is 11.6. The van der Waals surface area contributed by atoms with Crippen molar-refractivity contribution < 1.29 is 17.9 Å². The molecule has 0 aliphatic heterocycles. The number of alkyl halides is 3. The summed E-state index contributed by atoms with van der Waals surface area (Å²) < 4.78 is 44.8. The van der Waals surface area contributed by atoms with Crippen LogP contribution in [0.3, 0.4) is 0 Å². The van der Waals surface area contributed by atoms with Crippen LogP contribution in [0.4, 0.5) is 19.1 Å². The number of nitrogens with one attached hydrogen (secondary N) is 1. The van der Waals surface area contributed by atoms with Crippen LogP contribution in [0.2, 0.25) is 0 Å². The third kappa shape index (κ3) is 3.76. The van der Waals surface area contributed by atoms with Gasteiger partial charge in [0.05, 0.1) is 31.7 Å². The number of hydrogen-bond acceptors (Lipinski definition) is 5. The second-order valence-electron chi connectivity index (χ2n) is 5.22. The Bertz CT molecular complexity index is 855. The van der Waals surface area contributed by atoms with Crippen LogP contribution in [-0.2, 0) is 19.8 Å². The molecule has 0 aliphatic carbocycles. The van der Waals surface area contributed by atoms with E-state index in [9.17, 15) is 13.2 Å². The van der Waals surface area contributed by atoms with Gasteiger partial charge in [-0.2, -0.15) is 13.2 Å². The van der Waals surface area contributed by atoms with Crippen molar-refractivity contribution in [2.24, 2.45) is 7.05 Å². The zero-order chi connectivity index (χ0) is 18.0. The maximum Gasteiger partial charge on any atom is 0.427 e. The minimum absolute atomic E-state index is 0.174. The Balaban J connectivity index is 1.72. The Kier molecular flexibility index (Phi) is 4.67. The first-order chi connectivity index (χ1) is 11.9. The minimum Gasteiger partial charge on any atom is -0.497 e. The molecular weight excluding hydrogens is 353 g/mol. The number of methoxy groups -OCH3 is 1. The predicted octanol–water partition coefficient (Wildman–Crippen LogP) is 4.18. The number of benzene rings is 1. The van der Waals surface area contributed by atoms with Crippen LogP contribution in [0.15, 0.2) is 36.7 Å². The van der Waals surface area contributed by atoms with E-state index in [1.165, 1.54) is 0 Å². The highest BCUT2D eigenvalue weighted by atomic mass is 32.1. The average molecular weight is 368 g/mol. The molecule has 0 radical (unpaired) electrons. The Morgan fingerprint density at radius 2 is 1.88 bits per heavy atom. The molecule has 0 aliphatic rings. The number of rotatable bonds is 5. The number of thiazole rings is 1. The monoisotopic (exact) mass is 368 g/mol. The highest BCUT2D eigenvalue weighted by Gasteiger charge is 2.33. The van der Waals surface area contributed by atoms with Crippen LogP contribution in [0.5, 0.6) is 5.75 Å². The van der Waals surface area contributed by atoms with Crippen molar-refractivity contribution in [3.05, 3.63) is 46.5 Å². The van der Waals surface area contributed by atoms with E-state index in [1.807, 2.05) is 35.9 Å². The van der Waals surface area contributed by atoms with E-state index in [0.717, 1.165) is 23.2 Å². The van der Waals surface area contributed by atoms with Crippen molar-refractivity contribution in [1.82, 2.24) is 14.5 Å². The van der Waals surface area contributed by atoms with Gasteiger partial charge in [0.15, 0.2) is 0 Å². The number of aromatic nitrogens is 3. The van der Waals surface area contributed by atoms with Gasteiger partial charge < -0.3 is 14.6 Å². The molecule has 0 spiro atoms. The molecule has 5 nitrogen and oxygen atoms in total. The van der Waals surface area contributed by atoms with E-state index in [4.69, 9.17) is 4.74 Å². The van der Waals surface area contributed by atoms with E-state index >= 15 is 0 Å². The van der Waals surface area contributed by atoms with Crippen molar-refractivity contribution >= 4 is 17.3 Å². The van der Waals surface area contributed by atoms with Crippen molar-refractivity contribution in [3.63, 3.8) is 0 Å². The highest BCUT2D eigenvalue weighted by Crippen LogP contribution is 2.33. The Morgan fingerprint density at radius 3 is 2.48 bits per heavy atom. The van der Waals surface area contributed by atoms with Crippen LogP contribution in [0.1, 0.15) is 9.88 Å². The van der Waals surface area contributed by atoms with Crippen LogP contribution in [0.25, 0.3) is 11.3 Å². The number of nitrogens with zero attached hydrogens (tertiary/aromatic N) is 3. The molecule has 3 rings (SSSR count). The Hall–Kier alpha value is -2.55.